The van der Waals surface area contributed by atoms with Crippen LogP contribution in [0.5, 0.6) is 0 Å². The summed E-state index contributed by atoms with van der Waals surface area (Å²) in [5.74, 6) is 2.66. The fourth-order valence-corrected chi connectivity index (χ4v) is 4.87. The lowest BCUT2D eigenvalue weighted by atomic mass is 9.68. The highest BCUT2D eigenvalue weighted by Crippen LogP contribution is 2.46. The molecule has 92 valence electrons. The van der Waals surface area contributed by atoms with Gasteiger partial charge < -0.3 is 0 Å². The first-order valence-corrected chi connectivity index (χ1v) is 7.34. The van der Waals surface area contributed by atoms with Crippen molar-refractivity contribution in [1.82, 2.24) is 4.90 Å². The van der Waals surface area contributed by atoms with Crippen molar-refractivity contribution in [1.29, 1.82) is 0 Å². The van der Waals surface area contributed by atoms with Gasteiger partial charge in [-0.3, -0.25) is 9.89 Å². The zero-order valence-corrected chi connectivity index (χ0v) is 10.5. The highest BCUT2D eigenvalue weighted by atomic mass is 15.2. The maximum atomic E-state index is 4.64. The third-order valence-corrected chi connectivity index (χ3v) is 5.52. The third-order valence-electron chi connectivity index (χ3n) is 5.52. The third kappa shape index (κ3) is 1.53. The molecule has 0 aromatic carbocycles. The second-order valence-electron chi connectivity index (χ2n) is 6.32. The van der Waals surface area contributed by atoms with Gasteiger partial charge in [0.05, 0.1) is 0 Å². The maximum Gasteiger partial charge on any atom is 0.0429 e. The van der Waals surface area contributed by atoms with Crippen LogP contribution in [0.15, 0.2) is 17.1 Å². The van der Waals surface area contributed by atoms with Crippen LogP contribution in [0.3, 0.4) is 0 Å². The van der Waals surface area contributed by atoms with E-state index in [1.165, 1.54) is 32.1 Å². The second-order valence-corrected chi connectivity index (χ2v) is 6.32. The molecule has 2 heterocycles. The van der Waals surface area contributed by atoms with E-state index in [0.29, 0.717) is 0 Å². The number of piperidine rings is 1. The minimum Gasteiger partial charge on any atom is -0.296 e. The van der Waals surface area contributed by atoms with Crippen molar-refractivity contribution in [2.45, 2.75) is 44.2 Å². The predicted molar refractivity (Wildman–Crippen MR) is 70.3 cm³/mol. The molecule has 5 atom stereocenters. The van der Waals surface area contributed by atoms with Crippen LogP contribution in [0.2, 0.25) is 0 Å². The first-order valence-electron chi connectivity index (χ1n) is 7.34. The van der Waals surface area contributed by atoms with Gasteiger partial charge in [0.1, 0.15) is 0 Å². The number of rotatable bonds is 0. The Kier molecular flexibility index (Phi) is 2.39. The fourth-order valence-electron chi connectivity index (χ4n) is 4.87. The van der Waals surface area contributed by atoms with Crippen LogP contribution in [0.4, 0.5) is 0 Å². The van der Waals surface area contributed by atoms with E-state index in [1.54, 1.807) is 0 Å². The van der Waals surface area contributed by atoms with Crippen LogP contribution < -0.4 is 0 Å². The number of hydrogen-bond acceptors (Lipinski definition) is 2. The van der Waals surface area contributed by atoms with Crippen molar-refractivity contribution in [2.75, 3.05) is 13.1 Å². The van der Waals surface area contributed by atoms with Gasteiger partial charge in [-0.2, -0.15) is 0 Å². The zero-order valence-electron chi connectivity index (χ0n) is 10.5. The number of fused-ring (bicyclic) bond motifs is 2. The van der Waals surface area contributed by atoms with E-state index in [0.717, 1.165) is 42.9 Å². The van der Waals surface area contributed by atoms with Crippen LogP contribution in [-0.2, 0) is 0 Å². The standard InChI is InChI=1S/C15H22N2/c1-4-12-9-11-3-2-6-14(11)17-8-7-16-10-13(5-1)15(12)17/h2-3,7,11-15H,1,4-6,8-10H2. The Morgan fingerprint density at radius 2 is 2.12 bits per heavy atom. The van der Waals surface area contributed by atoms with E-state index < -0.39 is 0 Å². The normalized spacial score (nSPS) is 48.6. The largest absolute Gasteiger partial charge is 0.296 e. The van der Waals surface area contributed by atoms with E-state index in [1.807, 2.05) is 0 Å². The molecule has 1 saturated carbocycles. The van der Waals surface area contributed by atoms with Crippen molar-refractivity contribution in [3.05, 3.63) is 12.2 Å². The average molecular weight is 230 g/mol. The van der Waals surface area contributed by atoms with Crippen LogP contribution in [0.25, 0.3) is 0 Å². The van der Waals surface area contributed by atoms with Gasteiger partial charge in [0.15, 0.2) is 0 Å². The fraction of sp³-hybridized carbons (Fsp3) is 0.800. The summed E-state index contributed by atoms with van der Waals surface area (Å²) < 4.78 is 0. The molecule has 17 heavy (non-hydrogen) atoms. The molecule has 2 fully saturated rings. The van der Waals surface area contributed by atoms with Crippen LogP contribution in [0.1, 0.15) is 32.1 Å². The summed E-state index contributed by atoms with van der Waals surface area (Å²) in [7, 11) is 0. The van der Waals surface area contributed by atoms with E-state index in [2.05, 4.69) is 28.3 Å². The zero-order chi connectivity index (χ0) is 11.2. The summed E-state index contributed by atoms with van der Waals surface area (Å²) in [6.45, 7) is 2.21. The lowest BCUT2D eigenvalue weighted by Crippen LogP contribution is -2.57. The Morgan fingerprint density at radius 1 is 1.18 bits per heavy atom. The molecule has 2 aliphatic carbocycles. The van der Waals surface area contributed by atoms with Gasteiger partial charge in [-0.15, -0.1) is 0 Å². The van der Waals surface area contributed by atoms with Crippen molar-refractivity contribution < 1.29 is 0 Å². The number of aliphatic imine (C=N–C) groups is 1. The predicted octanol–water partition coefficient (Wildman–Crippen LogP) is 2.51. The molecule has 0 bridgehead atoms. The Morgan fingerprint density at radius 3 is 3.12 bits per heavy atom. The highest BCUT2D eigenvalue weighted by Gasteiger charge is 2.47. The summed E-state index contributed by atoms with van der Waals surface area (Å²) in [4.78, 5) is 7.46. The monoisotopic (exact) mass is 230 g/mol. The molecule has 2 nitrogen and oxygen atoms in total. The quantitative estimate of drug-likeness (QED) is 0.584. The minimum atomic E-state index is 0.807. The van der Waals surface area contributed by atoms with Gasteiger partial charge >= 0.3 is 0 Å². The van der Waals surface area contributed by atoms with Crippen molar-refractivity contribution >= 4 is 6.21 Å². The van der Waals surface area contributed by atoms with Gasteiger partial charge in [-0.1, -0.05) is 18.6 Å². The summed E-state index contributed by atoms with van der Waals surface area (Å²) in [5.41, 5.74) is 0. The van der Waals surface area contributed by atoms with Crippen LogP contribution >= 0.6 is 0 Å². The molecule has 0 amide bonds. The molecule has 2 heteroatoms. The van der Waals surface area contributed by atoms with Gasteiger partial charge in [-0.25, -0.2) is 0 Å². The SMILES string of the molecule is C1=CC2CC3CCCC4CN=CCN(C2C1)C43. The maximum absolute atomic E-state index is 4.64. The Balaban J connectivity index is 1.69. The van der Waals surface area contributed by atoms with E-state index in [-0.39, 0.29) is 0 Å². The highest BCUT2D eigenvalue weighted by molar-refractivity contribution is 5.60. The summed E-state index contributed by atoms with van der Waals surface area (Å²) in [5, 5.41) is 0. The lowest BCUT2D eigenvalue weighted by Gasteiger charge is -2.52. The van der Waals surface area contributed by atoms with Crippen molar-refractivity contribution in [3.8, 4) is 0 Å². The first kappa shape index (κ1) is 10.3. The molecule has 0 radical (unpaired) electrons. The van der Waals surface area contributed by atoms with E-state index >= 15 is 0 Å². The lowest BCUT2D eigenvalue weighted by molar-refractivity contribution is -0.0172. The van der Waals surface area contributed by atoms with Gasteiger partial charge in [0.25, 0.3) is 0 Å². The van der Waals surface area contributed by atoms with Crippen molar-refractivity contribution in [3.63, 3.8) is 0 Å². The molecule has 4 aliphatic rings. The summed E-state index contributed by atoms with van der Waals surface area (Å²) >= 11 is 0. The Labute approximate surface area is 104 Å². The van der Waals surface area contributed by atoms with Gasteiger partial charge in [0, 0.05) is 31.4 Å². The smallest absolute Gasteiger partial charge is 0.0429 e. The van der Waals surface area contributed by atoms with Gasteiger partial charge in [0.2, 0.25) is 0 Å². The van der Waals surface area contributed by atoms with Crippen LogP contribution in [0, 0.1) is 17.8 Å². The molecule has 1 saturated heterocycles. The molecule has 0 aromatic rings. The summed E-state index contributed by atoms with van der Waals surface area (Å²) in [6.07, 6.45) is 14.2. The topological polar surface area (TPSA) is 15.6 Å². The van der Waals surface area contributed by atoms with Crippen molar-refractivity contribution in [2.24, 2.45) is 22.7 Å². The summed E-state index contributed by atoms with van der Waals surface area (Å²) in [6, 6.07) is 1.66. The molecule has 4 rings (SSSR count). The Bertz CT molecular complexity index is 360. The molecular formula is C15H22N2. The first-order chi connectivity index (χ1) is 8.43. The minimum absolute atomic E-state index is 0.807. The van der Waals surface area contributed by atoms with Crippen LogP contribution in [-0.4, -0.2) is 36.3 Å². The molecule has 0 N–H and O–H groups in total. The number of nitrogens with zero attached hydrogens (tertiary/aromatic N) is 2. The molecular weight excluding hydrogens is 208 g/mol. The van der Waals surface area contributed by atoms with Gasteiger partial charge in [-0.05, 0) is 43.4 Å². The number of hydrogen-bond donors (Lipinski definition) is 0. The van der Waals surface area contributed by atoms with E-state index in [4.69, 9.17) is 0 Å². The molecule has 0 aromatic heterocycles. The molecule has 2 aliphatic heterocycles. The molecule has 5 unspecified atom stereocenters. The molecule has 0 spiro atoms. The van der Waals surface area contributed by atoms with E-state index in [9.17, 15) is 0 Å². The Hall–Kier alpha value is -0.630. The average Bonchev–Trinajstić information content (AvgIpc) is 2.70. The second kappa shape index (κ2) is 3.94.